The molecule has 0 saturated heterocycles. The highest BCUT2D eigenvalue weighted by Gasteiger charge is 2.30. The molecule has 116 valence electrons. The van der Waals surface area contributed by atoms with Crippen LogP contribution in [0.15, 0.2) is 30.3 Å². The quantitative estimate of drug-likeness (QED) is 0.534. The molecule has 2 rings (SSSR count). The minimum Gasteiger partial charge on any atom is -0.485 e. The van der Waals surface area contributed by atoms with Crippen LogP contribution in [0.2, 0.25) is 0 Å². The molecule has 2 aromatic carbocycles. The van der Waals surface area contributed by atoms with Gasteiger partial charge in [0.15, 0.2) is 17.4 Å². The molecule has 0 radical (unpaired) electrons. The summed E-state index contributed by atoms with van der Waals surface area (Å²) in [5.41, 5.74) is 2.98. The predicted molar refractivity (Wildman–Crippen MR) is 68.0 cm³/mol. The van der Waals surface area contributed by atoms with Gasteiger partial charge in [-0.2, -0.15) is 4.39 Å². The summed E-state index contributed by atoms with van der Waals surface area (Å²) in [4.78, 5) is 14.1. The zero-order chi connectivity index (χ0) is 16.3. The predicted octanol–water partition coefficient (Wildman–Crippen LogP) is 3.31. The minimum absolute atomic E-state index is 0.312. The van der Waals surface area contributed by atoms with E-state index in [0.29, 0.717) is 5.56 Å². The van der Waals surface area contributed by atoms with E-state index < -0.39 is 40.4 Å². The Hall–Kier alpha value is -2.77. The zero-order valence-electron chi connectivity index (χ0n) is 10.9. The molecule has 0 aliphatic rings. The van der Waals surface area contributed by atoms with Gasteiger partial charge >= 0.3 is 5.97 Å². The van der Waals surface area contributed by atoms with Crippen LogP contribution >= 0.6 is 0 Å². The smallest absolute Gasteiger partial charge is 0.386 e. The van der Waals surface area contributed by atoms with Crippen molar-refractivity contribution < 1.29 is 32.2 Å². The first-order valence-electron chi connectivity index (χ1n) is 5.93. The van der Waals surface area contributed by atoms with Gasteiger partial charge in [0.25, 0.3) is 0 Å². The van der Waals surface area contributed by atoms with Crippen LogP contribution in [0, 0.1) is 17.5 Å². The molecule has 0 bridgehead atoms. The fourth-order valence-electron chi connectivity index (χ4n) is 1.74. The summed E-state index contributed by atoms with van der Waals surface area (Å²) in [7, 11) is 0. The van der Waals surface area contributed by atoms with Crippen molar-refractivity contribution in [1.29, 1.82) is 0 Å². The van der Waals surface area contributed by atoms with Crippen molar-refractivity contribution in [2.24, 2.45) is 0 Å². The topological polar surface area (TPSA) is 61.5 Å². The molecule has 0 aliphatic carbocycles. The van der Waals surface area contributed by atoms with E-state index in [1.807, 2.05) is 0 Å². The molecule has 0 heterocycles. The van der Waals surface area contributed by atoms with E-state index in [1.165, 1.54) is 0 Å². The fourth-order valence-corrected chi connectivity index (χ4v) is 1.74. The van der Waals surface area contributed by atoms with E-state index in [-0.39, 0.29) is 6.61 Å². The van der Waals surface area contributed by atoms with Crippen molar-refractivity contribution in [3.05, 3.63) is 58.9 Å². The lowest BCUT2D eigenvalue weighted by molar-refractivity contribution is -0.0794. The van der Waals surface area contributed by atoms with E-state index in [2.05, 4.69) is 4.94 Å². The first-order chi connectivity index (χ1) is 10.5. The maximum Gasteiger partial charge on any atom is 0.386 e. The van der Waals surface area contributed by atoms with Crippen molar-refractivity contribution in [2.45, 2.75) is 6.61 Å². The Morgan fingerprint density at radius 1 is 1.05 bits per heavy atom. The molecule has 4 nitrogen and oxygen atoms in total. The standard InChI is InChI=1S/C14H9F4NO3/c15-9-8(14(20)22-18)13(11(17)10(16)12(9)19)21-6-7-4-2-1-3-5-7/h1-5H,6,19H2. The van der Waals surface area contributed by atoms with Crippen molar-refractivity contribution >= 4 is 11.7 Å². The maximum absolute atomic E-state index is 13.8. The summed E-state index contributed by atoms with van der Waals surface area (Å²) in [6.45, 7) is -0.312. The van der Waals surface area contributed by atoms with E-state index in [1.54, 1.807) is 30.3 Å². The average molecular weight is 315 g/mol. The van der Waals surface area contributed by atoms with E-state index in [4.69, 9.17) is 10.5 Å². The highest BCUT2D eigenvalue weighted by Crippen LogP contribution is 2.34. The fraction of sp³-hybridized carbons (Fsp3) is 0.0714. The Labute approximate surface area is 122 Å². The van der Waals surface area contributed by atoms with Crippen molar-refractivity contribution in [1.82, 2.24) is 0 Å². The van der Waals surface area contributed by atoms with Gasteiger partial charge in [-0.05, 0) is 5.56 Å². The van der Waals surface area contributed by atoms with Crippen LogP contribution in [0.1, 0.15) is 15.9 Å². The molecule has 0 amide bonds. The van der Waals surface area contributed by atoms with Crippen LogP contribution < -0.4 is 10.5 Å². The Bertz CT molecular complexity index is 707. The molecule has 2 N–H and O–H groups in total. The summed E-state index contributed by atoms with van der Waals surface area (Å²) in [5.74, 6) is -8.11. The number of anilines is 1. The largest absolute Gasteiger partial charge is 0.485 e. The van der Waals surface area contributed by atoms with Gasteiger partial charge in [0.05, 0.1) is 0 Å². The second-order valence-electron chi connectivity index (χ2n) is 4.20. The van der Waals surface area contributed by atoms with Crippen molar-refractivity contribution in [3.63, 3.8) is 0 Å². The number of rotatable bonds is 4. The summed E-state index contributed by atoms with van der Waals surface area (Å²) < 4.78 is 58.0. The second-order valence-corrected chi connectivity index (χ2v) is 4.20. The number of carbonyl (C=O) groups excluding carboxylic acids is 1. The number of carbonyl (C=O) groups is 1. The van der Waals surface area contributed by atoms with Gasteiger partial charge in [-0.3, -0.25) is 0 Å². The Kier molecular flexibility index (Phi) is 4.50. The summed E-state index contributed by atoms with van der Waals surface area (Å²) >= 11 is 0. The molecule has 2 aromatic rings. The highest BCUT2D eigenvalue weighted by atomic mass is 19.3. The number of nitrogens with two attached hydrogens (primary N) is 1. The number of hydrogen-bond donors (Lipinski definition) is 1. The molecule has 22 heavy (non-hydrogen) atoms. The maximum atomic E-state index is 13.8. The Morgan fingerprint density at radius 3 is 2.27 bits per heavy atom. The van der Waals surface area contributed by atoms with Crippen LogP contribution in [0.3, 0.4) is 0 Å². The van der Waals surface area contributed by atoms with Gasteiger partial charge in [0.1, 0.15) is 17.9 Å². The molecule has 8 heteroatoms. The third-order valence-electron chi connectivity index (χ3n) is 2.81. The van der Waals surface area contributed by atoms with E-state index >= 15 is 0 Å². The van der Waals surface area contributed by atoms with Crippen molar-refractivity contribution in [3.8, 4) is 5.75 Å². The highest BCUT2D eigenvalue weighted by molar-refractivity contribution is 5.93. The zero-order valence-corrected chi connectivity index (χ0v) is 10.9. The van der Waals surface area contributed by atoms with Crippen LogP contribution in [0.4, 0.5) is 23.4 Å². The van der Waals surface area contributed by atoms with Crippen LogP contribution in [-0.4, -0.2) is 5.97 Å². The van der Waals surface area contributed by atoms with E-state index in [0.717, 1.165) is 0 Å². The Morgan fingerprint density at radius 2 is 1.68 bits per heavy atom. The summed E-state index contributed by atoms with van der Waals surface area (Å²) in [5, 5.41) is 0. The molecule has 0 saturated carbocycles. The number of benzene rings is 2. The minimum atomic E-state index is -1.88. The molecular weight excluding hydrogens is 306 g/mol. The van der Waals surface area contributed by atoms with Crippen LogP contribution in [0.5, 0.6) is 5.75 Å². The Balaban J connectivity index is 2.46. The molecule has 0 unspecified atom stereocenters. The molecule has 0 spiro atoms. The van der Waals surface area contributed by atoms with Gasteiger partial charge in [-0.1, -0.05) is 30.3 Å². The summed E-state index contributed by atoms with van der Waals surface area (Å²) in [6, 6.07) is 8.19. The third kappa shape index (κ3) is 2.80. The monoisotopic (exact) mass is 315 g/mol. The normalized spacial score (nSPS) is 10.4. The lowest BCUT2D eigenvalue weighted by Crippen LogP contribution is -2.13. The van der Waals surface area contributed by atoms with E-state index in [9.17, 15) is 22.5 Å². The van der Waals surface area contributed by atoms with Crippen LogP contribution in [-0.2, 0) is 11.5 Å². The molecule has 0 aromatic heterocycles. The lowest BCUT2D eigenvalue weighted by Gasteiger charge is -2.13. The first-order valence-corrected chi connectivity index (χ1v) is 5.93. The number of halogens is 4. The SMILES string of the molecule is Nc1c(F)c(F)c(OCc2ccccc2)c(C(=O)OF)c1F. The molecule has 0 aliphatic heterocycles. The number of hydrogen-bond acceptors (Lipinski definition) is 4. The van der Waals surface area contributed by atoms with Crippen LogP contribution in [0.25, 0.3) is 0 Å². The molecule has 0 atom stereocenters. The van der Waals surface area contributed by atoms with Gasteiger partial charge in [0.2, 0.25) is 5.82 Å². The van der Waals surface area contributed by atoms with Gasteiger partial charge in [0, 0.05) is 4.53 Å². The van der Waals surface area contributed by atoms with Gasteiger partial charge < -0.3 is 10.5 Å². The number of ether oxygens (including phenoxy) is 1. The van der Waals surface area contributed by atoms with Gasteiger partial charge in [-0.25, -0.2) is 18.5 Å². The second kappa shape index (κ2) is 6.33. The third-order valence-corrected chi connectivity index (χ3v) is 2.81. The molecular formula is C14H9F4NO3. The lowest BCUT2D eigenvalue weighted by atomic mass is 10.1. The first kappa shape index (κ1) is 15.6. The summed E-state index contributed by atoms with van der Waals surface area (Å²) in [6.07, 6.45) is 0. The van der Waals surface area contributed by atoms with Crippen molar-refractivity contribution in [2.75, 3.05) is 5.73 Å². The molecule has 0 fully saturated rings. The number of nitrogen functional groups attached to an aromatic ring is 1. The average Bonchev–Trinajstić information content (AvgIpc) is 2.55. The van der Waals surface area contributed by atoms with Gasteiger partial charge in [-0.15, -0.1) is 0 Å².